The molecule has 6 amide bonds. The molecule has 4 aromatic rings. The Kier molecular flexibility index (Phi) is 13.6. The SMILES string of the molecule is Cc1nc(N(C)C)ncc1C(=O)N1CCN(C)C(=O)[C@H](C)NC(=O)CN(C)C(=O)[C@@H](Cc2c[nH]c3ccccc23)NC(=O)c2csc(n2)[C@H](CC(C)C)NC(=O)C1. The Morgan fingerprint density at radius 1 is 0.930 bits per heavy atom. The third-order valence-corrected chi connectivity index (χ3v) is 10.6. The summed E-state index contributed by atoms with van der Waals surface area (Å²) in [5.74, 6) is -2.62. The van der Waals surface area contributed by atoms with E-state index in [1.54, 1.807) is 37.5 Å². The second-order valence-electron chi connectivity index (χ2n) is 14.9. The lowest BCUT2D eigenvalue weighted by atomic mass is 10.0. The first-order chi connectivity index (χ1) is 27.0. The van der Waals surface area contributed by atoms with Gasteiger partial charge in [0.15, 0.2) is 0 Å². The van der Waals surface area contributed by atoms with Gasteiger partial charge in [0.2, 0.25) is 29.6 Å². The summed E-state index contributed by atoms with van der Waals surface area (Å²) in [6, 6.07) is 4.92. The van der Waals surface area contributed by atoms with Crippen molar-refractivity contribution in [3.05, 3.63) is 69.6 Å². The lowest BCUT2D eigenvalue weighted by Gasteiger charge is -2.28. The number of aromatic nitrogens is 4. The van der Waals surface area contributed by atoms with E-state index < -0.39 is 53.6 Å². The smallest absolute Gasteiger partial charge is 0.271 e. The van der Waals surface area contributed by atoms with Gasteiger partial charge >= 0.3 is 0 Å². The fourth-order valence-electron chi connectivity index (χ4n) is 6.53. The number of amides is 6. The van der Waals surface area contributed by atoms with Crippen LogP contribution in [0.25, 0.3) is 10.9 Å². The number of nitrogens with zero attached hydrogens (tertiary/aromatic N) is 7. The molecular weight excluding hydrogens is 751 g/mol. The number of aryl methyl sites for hydroxylation is 1. The molecule has 0 saturated carbocycles. The summed E-state index contributed by atoms with van der Waals surface area (Å²) in [6.45, 7) is 6.44. The Morgan fingerprint density at radius 2 is 1.65 bits per heavy atom. The maximum Gasteiger partial charge on any atom is 0.271 e. The minimum Gasteiger partial charge on any atom is -0.361 e. The minimum absolute atomic E-state index is 0.0285. The van der Waals surface area contributed by atoms with E-state index in [1.807, 2.05) is 38.1 Å². The Hall–Kier alpha value is -5.91. The number of thiazole rings is 1. The molecule has 1 aromatic carbocycles. The van der Waals surface area contributed by atoms with Crippen LogP contribution in [0, 0.1) is 12.8 Å². The average Bonchev–Trinajstić information content (AvgIpc) is 3.82. The van der Waals surface area contributed by atoms with Crippen LogP contribution in [0.3, 0.4) is 0 Å². The van der Waals surface area contributed by atoms with Gasteiger partial charge in [-0.25, -0.2) is 15.0 Å². The normalized spacial score (nSPS) is 19.6. The van der Waals surface area contributed by atoms with E-state index >= 15 is 0 Å². The summed E-state index contributed by atoms with van der Waals surface area (Å²) in [5, 5.41) is 11.4. The molecule has 0 radical (unpaired) electrons. The highest BCUT2D eigenvalue weighted by atomic mass is 32.1. The summed E-state index contributed by atoms with van der Waals surface area (Å²) in [5.41, 5.74) is 2.33. The fourth-order valence-corrected chi connectivity index (χ4v) is 7.40. The zero-order valence-electron chi connectivity index (χ0n) is 33.6. The van der Waals surface area contributed by atoms with Crippen LogP contribution in [0.5, 0.6) is 0 Å². The number of benzene rings is 1. The van der Waals surface area contributed by atoms with E-state index in [9.17, 15) is 28.8 Å². The molecule has 2 bridgehead atoms. The van der Waals surface area contributed by atoms with Gasteiger partial charge in [0.1, 0.15) is 22.8 Å². The zero-order valence-corrected chi connectivity index (χ0v) is 34.4. The van der Waals surface area contributed by atoms with Crippen LogP contribution >= 0.6 is 11.3 Å². The van der Waals surface area contributed by atoms with E-state index in [0.29, 0.717) is 23.1 Å². The Labute approximate surface area is 335 Å². The van der Waals surface area contributed by atoms with Gasteiger partial charge in [0.05, 0.1) is 30.4 Å². The van der Waals surface area contributed by atoms with Crippen LogP contribution in [0.4, 0.5) is 5.95 Å². The van der Waals surface area contributed by atoms with Gasteiger partial charge < -0.3 is 40.5 Å². The van der Waals surface area contributed by atoms with E-state index in [2.05, 4.69) is 35.9 Å². The topological polar surface area (TPSA) is 206 Å². The molecule has 18 heteroatoms. The quantitative estimate of drug-likeness (QED) is 0.223. The molecule has 0 spiro atoms. The second-order valence-corrected chi connectivity index (χ2v) is 15.8. The Balaban J connectivity index is 1.48. The number of para-hydroxylation sites is 1. The number of aromatic amines is 1. The van der Waals surface area contributed by atoms with Crippen molar-refractivity contribution >= 4 is 63.6 Å². The first-order valence-electron chi connectivity index (χ1n) is 18.7. The molecule has 1 aliphatic heterocycles. The van der Waals surface area contributed by atoms with Crippen molar-refractivity contribution in [1.82, 2.24) is 50.6 Å². The van der Waals surface area contributed by atoms with Crippen molar-refractivity contribution in [2.75, 3.05) is 59.3 Å². The third-order valence-electron chi connectivity index (χ3n) is 9.60. The number of anilines is 1. The summed E-state index contributed by atoms with van der Waals surface area (Å²) in [6.07, 6.45) is 3.80. The van der Waals surface area contributed by atoms with E-state index in [1.165, 1.54) is 53.3 Å². The molecule has 4 N–H and O–H groups in total. The van der Waals surface area contributed by atoms with Gasteiger partial charge in [0, 0.05) is 76.4 Å². The van der Waals surface area contributed by atoms with Crippen LogP contribution in [-0.4, -0.2) is 137 Å². The van der Waals surface area contributed by atoms with E-state index in [4.69, 9.17) is 0 Å². The van der Waals surface area contributed by atoms with Gasteiger partial charge in [-0.2, -0.15) is 0 Å². The number of nitrogens with one attached hydrogen (secondary N) is 4. The zero-order chi connectivity index (χ0) is 41.6. The Bertz CT molecular complexity index is 2130. The molecule has 17 nitrogen and oxygen atoms in total. The van der Waals surface area contributed by atoms with Crippen LogP contribution in [0.1, 0.15) is 70.3 Å². The predicted molar refractivity (Wildman–Crippen MR) is 216 cm³/mol. The van der Waals surface area contributed by atoms with Crippen molar-refractivity contribution in [3.63, 3.8) is 0 Å². The van der Waals surface area contributed by atoms with Crippen LogP contribution in [-0.2, 0) is 25.6 Å². The first-order valence-corrected chi connectivity index (χ1v) is 19.6. The third kappa shape index (κ3) is 10.5. The van der Waals surface area contributed by atoms with E-state index in [0.717, 1.165) is 16.5 Å². The number of likely N-dealkylation sites (N-methyl/N-ethyl adjacent to an activating group) is 2. The minimum atomic E-state index is -1.08. The molecule has 0 unspecified atom stereocenters. The number of fused-ring (bicyclic) bond motifs is 3. The van der Waals surface area contributed by atoms with Crippen LogP contribution in [0.15, 0.2) is 42.0 Å². The standard InChI is InChI=1S/C39H51N11O6S/c1-22(2)15-29-35-46-31(21-57-35)34(53)45-30(16-25-17-40-28-12-10-9-11-26(25)28)38(56)49(8)19-32(51)42-24(4)36(54)48(7)13-14-50(20-33(52)44-29)37(55)27-18-41-39(47(5)6)43-23(27)3/h9-12,17-18,21-22,24,29-30,40H,13-16,19-20H2,1-8H3,(H,42,51)(H,44,52)(H,45,53)/t24-,29-,30+/m0/s1. The molecular formula is C39H51N11O6S. The summed E-state index contributed by atoms with van der Waals surface area (Å²) >= 11 is 1.20. The summed E-state index contributed by atoms with van der Waals surface area (Å²) < 4.78 is 0. The lowest BCUT2D eigenvalue weighted by Crippen LogP contribution is -2.53. The Morgan fingerprint density at radius 3 is 2.35 bits per heavy atom. The first kappa shape index (κ1) is 42.2. The predicted octanol–water partition coefficient (Wildman–Crippen LogP) is 1.91. The highest BCUT2D eigenvalue weighted by Gasteiger charge is 2.31. The molecule has 1 aliphatic rings. The fraction of sp³-hybridized carbons (Fsp3) is 0.462. The largest absolute Gasteiger partial charge is 0.361 e. The number of hydrogen-bond donors (Lipinski definition) is 4. The van der Waals surface area contributed by atoms with E-state index in [-0.39, 0.29) is 49.8 Å². The highest BCUT2D eigenvalue weighted by Crippen LogP contribution is 2.26. The number of hydrogen-bond acceptors (Lipinski definition) is 11. The van der Waals surface area contributed by atoms with Crippen molar-refractivity contribution in [2.45, 2.75) is 58.7 Å². The van der Waals surface area contributed by atoms with Crippen molar-refractivity contribution in [3.8, 4) is 0 Å². The van der Waals surface area contributed by atoms with Gasteiger partial charge in [0.25, 0.3) is 11.8 Å². The molecule has 57 heavy (non-hydrogen) atoms. The number of carbonyl (C=O) groups excluding carboxylic acids is 6. The monoisotopic (exact) mass is 801 g/mol. The van der Waals surface area contributed by atoms with Gasteiger partial charge in [-0.05, 0) is 37.8 Å². The summed E-state index contributed by atoms with van der Waals surface area (Å²) in [4.78, 5) is 104. The second kappa shape index (κ2) is 18.4. The van der Waals surface area contributed by atoms with Crippen LogP contribution < -0.4 is 20.9 Å². The molecule has 0 aliphatic carbocycles. The van der Waals surface area contributed by atoms with Crippen molar-refractivity contribution < 1.29 is 28.8 Å². The maximum absolute atomic E-state index is 14.0. The van der Waals surface area contributed by atoms with Gasteiger partial charge in [-0.1, -0.05) is 32.0 Å². The van der Waals surface area contributed by atoms with Gasteiger partial charge in [-0.3, -0.25) is 28.8 Å². The number of rotatable bonds is 6. The molecule has 304 valence electrons. The van der Waals surface area contributed by atoms with Crippen LogP contribution in [0.2, 0.25) is 0 Å². The summed E-state index contributed by atoms with van der Waals surface area (Å²) in [7, 11) is 6.55. The molecule has 3 atom stereocenters. The maximum atomic E-state index is 14.0. The number of H-pyrrole nitrogens is 1. The highest BCUT2D eigenvalue weighted by molar-refractivity contribution is 7.09. The van der Waals surface area contributed by atoms with Crippen molar-refractivity contribution in [2.24, 2.45) is 5.92 Å². The average molecular weight is 802 g/mol. The molecule has 3 aromatic heterocycles. The van der Waals surface area contributed by atoms with Gasteiger partial charge in [-0.15, -0.1) is 11.3 Å². The molecule has 0 saturated heterocycles. The van der Waals surface area contributed by atoms with Crippen molar-refractivity contribution in [1.29, 1.82) is 0 Å². The number of carbonyl (C=O) groups is 6. The lowest BCUT2D eigenvalue weighted by molar-refractivity contribution is -0.138. The molecule has 4 heterocycles. The molecule has 5 rings (SSSR count). The molecule has 0 fully saturated rings.